The van der Waals surface area contributed by atoms with E-state index in [-0.39, 0.29) is 17.0 Å². The Morgan fingerprint density at radius 3 is 2.56 bits per heavy atom. The van der Waals surface area contributed by atoms with Gasteiger partial charge in [-0.25, -0.2) is 0 Å². The molecule has 1 aliphatic rings. The predicted molar refractivity (Wildman–Crippen MR) is 62.9 cm³/mol. The van der Waals surface area contributed by atoms with Gasteiger partial charge >= 0.3 is 0 Å². The molecule has 16 heavy (non-hydrogen) atoms. The Kier molecular flexibility index (Phi) is 2.30. The molecule has 2 heteroatoms. The van der Waals surface area contributed by atoms with E-state index in [1.807, 2.05) is 26.0 Å². The summed E-state index contributed by atoms with van der Waals surface area (Å²) in [5, 5.41) is 0. The van der Waals surface area contributed by atoms with Crippen LogP contribution < -0.4 is 0 Å². The van der Waals surface area contributed by atoms with E-state index in [9.17, 15) is 9.59 Å². The molecule has 0 saturated carbocycles. The maximum absolute atomic E-state index is 11.7. The Balaban J connectivity index is 2.66. The molecule has 2 nitrogen and oxygen atoms in total. The van der Waals surface area contributed by atoms with Crippen LogP contribution in [0, 0.1) is 0 Å². The second kappa shape index (κ2) is 3.41. The van der Waals surface area contributed by atoms with Gasteiger partial charge in [-0.15, -0.1) is 0 Å². The van der Waals surface area contributed by atoms with E-state index < -0.39 is 0 Å². The Bertz CT molecular complexity index is 507. The van der Waals surface area contributed by atoms with Crippen LogP contribution in [0.2, 0.25) is 0 Å². The Labute approximate surface area is 95.0 Å². The van der Waals surface area contributed by atoms with E-state index in [4.69, 9.17) is 0 Å². The van der Waals surface area contributed by atoms with Crippen LogP contribution in [-0.2, 0) is 5.41 Å². The molecule has 0 bridgehead atoms. The van der Waals surface area contributed by atoms with E-state index in [0.717, 1.165) is 5.56 Å². The van der Waals surface area contributed by atoms with E-state index in [1.54, 1.807) is 18.2 Å². The summed E-state index contributed by atoms with van der Waals surface area (Å²) in [5.41, 5.74) is 2.12. The van der Waals surface area contributed by atoms with Crippen molar-refractivity contribution in [2.45, 2.75) is 26.2 Å². The maximum Gasteiger partial charge on any atom is 0.185 e. The van der Waals surface area contributed by atoms with Crippen molar-refractivity contribution in [3.05, 3.63) is 47.0 Å². The number of allylic oxidation sites excluding steroid dienone is 2. The first-order valence-corrected chi connectivity index (χ1v) is 5.31. The number of benzene rings is 1. The molecule has 82 valence electrons. The summed E-state index contributed by atoms with van der Waals surface area (Å²) in [6, 6.07) is 5.30. The number of Topliss-reactive ketones (excluding diaryl/α,β-unsaturated/α-hetero) is 1. The molecule has 0 spiro atoms. The van der Waals surface area contributed by atoms with Crippen molar-refractivity contribution >= 4 is 11.6 Å². The topological polar surface area (TPSA) is 34.1 Å². The van der Waals surface area contributed by atoms with Gasteiger partial charge in [0.15, 0.2) is 11.6 Å². The van der Waals surface area contributed by atoms with Crippen molar-refractivity contribution in [3.8, 4) is 0 Å². The first kappa shape index (κ1) is 10.8. The number of hydrogen-bond acceptors (Lipinski definition) is 2. The smallest absolute Gasteiger partial charge is 0.185 e. The predicted octanol–water partition coefficient (Wildman–Crippen LogP) is 2.92. The number of fused-ring (bicyclic) bond motifs is 1. The second-order valence-corrected chi connectivity index (χ2v) is 4.74. The molecule has 2 rings (SSSR count). The van der Waals surface area contributed by atoms with Crippen molar-refractivity contribution in [2.75, 3.05) is 0 Å². The van der Waals surface area contributed by atoms with E-state index in [1.165, 1.54) is 6.92 Å². The van der Waals surface area contributed by atoms with Gasteiger partial charge in [-0.1, -0.05) is 32.1 Å². The molecule has 0 amide bonds. The van der Waals surface area contributed by atoms with Gasteiger partial charge in [0.1, 0.15) is 0 Å². The monoisotopic (exact) mass is 214 g/mol. The lowest BCUT2D eigenvalue weighted by molar-refractivity contribution is 0.101. The molecule has 0 heterocycles. The maximum atomic E-state index is 11.7. The van der Waals surface area contributed by atoms with Crippen LogP contribution in [-0.4, -0.2) is 11.6 Å². The number of carbonyl (C=O) groups is 2. The van der Waals surface area contributed by atoms with E-state index in [2.05, 4.69) is 0 Å². The van der Waals surface area contributed by atoms with Crippen LogP contribution in [0.5, 0.6) is 0 Å². The summed E-state index contributed by atoms with van der Waals surface area (Å²) in [5.74, 6) is 0.0463. The van der Waals surface area contributed by atoms with Gasteiger partial charge in [0.2, 0.25) is 0 Å². The average molecular weight is 214 g/mol. The molecule has 0 unspecified atom stereocenters. The highest BCUT2D eigenvalue weighted by molar-refractivity contribution is 6.08. The van der Waals surface area contributed by atoms with Crippen LogP contribution in [0.15, 0.2) is 30.4 Å². The number of ketones is 2. The number of rotatable bonds is 1. The third-order valence-corrected chi connectivity index (χ3v) is 3.04. The minimum Gasteiger partial charge on any atom is -0.295 e. The van der Waals surface area contributed by atoms with Gasteiger partial charge in [-0.05, 0) is 24.6 Å². The molecule has 1 aliphatic carbocycles. The van der Waals surface area contributed by atoms with Gasteiger partial charge in [0, 0.05) is 16.5 Å². The molecule has 1 aromatic rings. The fourth-order valence-corrected chi connectivity index (χ4v) is 1.97. The van der Waals surface area contributed by atoms with Crippen molar-refractivity contribution in [1.29, 1.82) is 0 Å². The third kappa shape index (κ3) is 1.60. The summed E-state index contributed by atoms with van der Waals surface area (Å²) in [4.78, 5) is 23.0. The summed E-state index contributed by atoms with van der Waals surface area (Å²) in [6.07, 6.45) is 3.50. The zero-order valence-corrected chi connectivity index (χ0v) is 9.70. The molecular formula is C14H14O2. The fourth-order valence-electron chi connectivity index (χ4n) is 1.97. The minimum atomic E-state index is -0.186. The molecule has 0 saturated heterocycles. The lowest BCUT2D eigenvalue weighted by Crippen LogP contribution is -2.23. The van der Waals surface area contributed by atoms with Crippen LogP contribution in [0.3, 0.4) is 0 Å². The molecule has 0 fully saturated rings. The highest BCUT2D eigenvalue weighted by Gasteiger charge is 2.27. The van der Waals surface area contributed by atoms with Crippen LogP contribution in [0.1, 0.15) is 47.1 Å². The highest BCUT2D eigenvalue weighted by atomic mass is 16.1. The standard InChI is InChI=1S/C14H14O2/c1-9(15)10-4-5-11-12(8-10)14(2,3)7-6-13(11)16/h4-8H,1-3H3. The van der Waals surface area contributed by atoms with Crippen molar-refractivity contribution in [1.82, 2.24) is 0 Å². The summed E-state index contributed by atoms with van der Waals surface area (Å²) in [6.45, 7) is 5.62. The quantitative estimate of drug-likeness (QED) is 0.673. The Morgan fingerprint density at radius 1 is 1.25 bits per heavy atom. The summed E-state index contributed by atoms with van der Waals surface area (Å²) >= 11 is 0. The van der Waals surface area contributed by atoms with Crippen molar-refractivity contribution < 1.29 is 9.59 Å². The molecule has 0 aromatic heterocycles. The SMILES string of the molecule is CC(=O)c1ccc2c(c1)C(C)(C)C=CC2=O. The summed E-state index contributed by atoms with van der Waals surface area (Å²) in [7, 11) is 0. The molecular weight excluding hydrogens is 200 g/mol. The van der Waals surface area contributed by atoms with E-state index >= 15 is 0 Å². The Morgan fingerprint density at radius 2 is 1.94 bits per heavy atom. The molecule has 0 radical (unpaired) electrons. The molecule has 0 atom stereocenters. The van der Waals surface area contributed by atoms with Gasteiger partial charge < -0.3 is 0 Å². The van der Waals surface area contributed by atoms with Crippen LogP contribution >= 0.6 is 0 Å². The third-order valence-electron chi connectivity index (χ3n) is 3.04. The van der Waals surface area contributed by atoms with Gasteiger partial charge in [0.25, 0.3) is 0 Å². The first-order valence-electron chi connectivity index (χ1n) is 5.31. The van der Waals surface area contributed by atoms with Crippen molar-refractivity contribution in [3.63, 3.8) is 0 Å². The summed E-state index contributed by atoms with van der Waals surface area (Å²) < 4.78 is 0. The largest absolute Gasteiger partial charge is 0.295 e. The number of hydrogen-bond donors (Lipinski definition) is 0. The molecule has 0 aliphatic heterocycles. The zero-order chi connectivity index (χ0) is 11.9. The number of carbonyl (C=O) groups excluding carboxylic acids is 2. The normalized spacial score (nSPS) is 17.1. The second-order valence-electron chi connectivity index (χ2n) is 4.74. The van der Waals surface area contributed by atoms with Gasteiger partial charge in [-0.2, -0.15) is 0 Å². The lowest BCUT2D eigenvalue weighted by atomic mass is 9.76. The van der Waals surface area contributed by atoms with Gasteiger partial charge in [-0.3, -0.25) is 9.59 Å². The lowest BCUT2D eigenvalue weighted by Gasteiger charge is -2.27. The zero-order valence-electron chi connectivity index (χ0n) is 9.70. The molecule has 1 aromatic carbocycles. The minimum absolute atomic E-state index is 0.0180. The van der Waals surface area contributed by atoms with E-state index in [0.29, 0.717) is 11.1 Å². The Hall–Kier alpha value is -1.70. The average Bonchev–Trinajstić information content (AvgIpc) is 2.23. The van der Waals surface area contributed by atoms with Gasteiger partial charge in [0.05, 0.1) is 0 Å². The van der Waals surface area contributed by atoms with Crippen LogP contribution in [0.25, 0.3) is 0 Å². The fraction of sp³-hybridized carbons (Fsp3) is 0.286. The highest BCUT2D eigenvalue weighted by Crippen LogP contribution is 2.32. The molecule has 0 N–H and O–H groups in total. The first-order chi connectivity index (χ1) is 7.42. The van der Waals surface area contributed by atoms with Crippen molar-refractivity contribution in [2.24, 2.45) is 0 Å². The van der Waals surface area contributed by atoms with Crippen LogP contribution in [0.4, 0.5) is 0 Å².